The van der Waals surface area contributed by atoms with Crippen molar-refractivity contribution >= 4 is 17.6 Å². The van der Waals surface area contributed by atoms with E-state index in [0.717, 1.165) is 5.56 Å². The molecule has 24 heavy (non-hydrogen) atoms. The maximum Gasteiger partial charge on any atom is 0.340 e. The molecule has 1 amide bonds. The van der Waals surface area contributed by atoms with Crippen molar-refractivity contribution in [2.24, 2.45) is 0 Å². The molecule has 0 saturated heterocycles. The van der Waals surface area contributed by atoms with Crippen LogP contribution in [0, 0.1) is 18.3 Å². The minimum absolute atomic E-state index is 0.301. The molecule has 0 radical (unpaired) electrons. The Morgan fingerprint density at radius 1 is 1.21 bits per heavy atom. The number of para-hydroxylation sites is 1. The van der Waals surface area contributed by atoms with Crippen molar-refractivity contribution in [3.63, 3.8) is 0 Å². The normalized spacial score (nSPS) is 18.9. The van der Waals surface area contributed by atoms with Crippen LogP contribution in [0.4, 0.5) is 5.69 Å². The number of hydrogen-bond donors (Lipinski definition) is 0. The topological polar surface area (TPSA) is 70.4 Å². The van der Waals surface area contributed by atoms with Gasteiger partial charge < -0.3 is 9.64 Å². The summed E-state index contributed by atoms with van der Waals surface area (Å²) in [4.78, 5) is 26.7. The van der Waals surface area contributed by atoms with Crippen molar-refractivity contribution in [3.05, 3.63) is 65.2 Å². The highest BCUT2D eigenvalue weighted by Crippen LogP contribution is 2.42. The summed E-state index contributed by atoms with van der Waals surface area (Å²) in [5, 5.41) is 9.71. The number of ether oxygens (including phenoxy) is 1. The van der Waals surface area contributed by atoms with Crippen LogP contribution in [-0.4, -0.2) is 18.4 Å². The standard InChI is InChI=1S/C19H16N2O3/c1-3-21-16-7-5-4-6-15(16)19(12-20,18(21)23)24-17(22)14-10-8-13(2)9-11-14/h4-11H,3H2,1-2H3. The fraction of sp³-hybridized carbons (Fsp3) is 0.211. The molecule has 2 aromatic carbocycles. The van der Waals surface area contributed by atoms with Crippen molar-refractivity contribution in [1.29, 1.82) is 5.26 Å². The average Bonchev–Trinajstić information content (AvgIpc) is 2.84. The smallest absolute Gasteiger partial charge is 0.340 e. The predicted molar refractivity (Wildman–Crippen MR) is 88.4 cm³/mol. The fourth-order valence-electron chi connectivity index (χ4n) is 2.85. The van der Waals surface area contributed by atoms with E-state index in [2.05, 4.69) is 0 Å². The maximum atomic E-state index is 12.8. The van der Waals surface area contributed by atoms with E-state index in [1.54, 1.807) is 48.5 Å². The fourth-order valence-corrected chi connectivity index (χ4v) is 2.85. The van der Waals surface area contributed by atoms with Crippen LogP contribution in [0.3, 0.4) is 0 Å². The second-order valence-electron chi connectivity index (χ2n) is 5.62. The van der Waals surface area contributed by atoms with Gasteiger partial charge in [0.2, 0.25) is 0 Å². The van der Waals surface area contributed by atoms with Gasteiger partial charge in [0.25, 0.3) is 5.91 Å². The largest absolute Gasteiger partial charge is 0.426 e. The quantitative estimate of drug-likeness (QED) is 0.815. The van der Waals surface area contributed by atoms with E-state index >= 15 is 0 Å². The number of aryl methyl sites for hydroxylation is 1. The lowest BCUT2D eigenvalue weighted by atomic mass is 9.96. The van der Waals surface area contributed by atoms with Crippen molar-refractivity contribution in [3.8, 4) is 6.07 Å². The number of nitriles is 1. The number of amides is 1. The second-order valence-corrected chi connectivity index (χ2v) is 5.62. The van der Waals surface area contributed by atoms with Gasteiger partial charge in [-0.25, -0.2) is 4.79 Å². The maximum absolute atomic E-state index is 12.8. The SMILES string of the molecule is CCN1C(=O)C(C#N)(OC(=O)c2ccc(C)cc2)c2ccccc21. The Morgan fingerprint density at radius 2 is 1.88 bits per heavy atom. The molecule has 0 N–H and O–H groups in total. The third-order valence-corrected chi connectivity index (χ3v) is 4.13. The van der Waals surface area contributed by atoms with E-state index < -0.39 is 17.5 Å². The van der Waals surface area contributed by atoms with Crippen molar-refractivity contribution in [1.82, 2.24) is 0 Å². The van der Waals surface area contributed by atoms with Gasteiger partial charge in [-0.1, -0.05) is 35.9 Å². The van der Waals surface area contributed by atoms with Gasteiger partial charge in [-0.05, 0) is 32.0 Å². The Labute approximate surface area is 140 Å². The van der Waals surface area contributed by atoms with Crippen LogP contribution in [0.15, 0.2) is 48.5 Å². The number of carbonyl (C=O) groups is 2. The second kappa shape index (κ2) is 5.82. The summed E-state index contributed by atoms with van der Waals surface area (Å²) in [7, 11) is 0. The van der Waals surface area contributed by atoms with E-state index in [-0.39, 0.29) is 0 Å². The van der Waals surface area contributed by atoms with Crippen LogP contribution >= 0.6 is 0 Å². The third kappa shape index (κ3) is 2.24. The van der Waals surface area contributed by atoms with Crippen LogP contribution < -0.4 is 4.90 Å². The van der Waals surface area contributed by atoms with E-state index in [4.69, 9.17) is 4.74 Å². The molecular formula is C19H16N2O3. The summed E-state index contributed by atoms with van der Waals surface area (Å²) in [6.07, 6.45) is 0. The first-order valence-electron chi connectivity index (χ1n) is 7.66. The Hall–Kier alpha value is -3.13. The molecular weight excluding hydrogens is 304 g/mol. The molecule has 5 heteroatoms. The first-order valence-corrected chi connectivity index (χ1v) is 7.66. The number of nitrogens with zero attached hydrogens (tertiary/aromatic N) is 2. The predicted octanol–water partition coefficient (Wildman–Crippen LogP) is 2.94. The molecule has 0 spiro atoms. The van der Waals surface area contributed by atoms with E-state index in [0.29, 0.717) is 23.4 Å². The van der Waals surface area contributed by atoms with Crippen molar-refractivity contribution in [2.45, 2.75) is 19.4 Å². The van der Waals surface area contributed by atoms with Crippen LogP contribution in [0.1, 0.15) is 28.4 Å². The van der Waals surface area contributed by atoms with Gasteiger partial charge in [0.1, 0.15) is 6.07 Å². The molecule has 1 aliphatic heterocycles. The van der Waals surface area contributed by atoms with Crippen LogP contribution in [0.2, 0.25) is 0 Å². The Morgan fingerprint density at radius 3 is 2.50 bits per heavy atom. The highest BCUT2D eigenvalue weighted by molar-refractivity contribution is 6.10. The van der Waals surface area contributed by atoms with Gasteiger partial charge in [-0.15, -0.1) is 0 Å². The zero-order valence-corrected chi connectivity index (χ0v) is 13.4. The molecule has 0 saturated carbocycles. The number of hydrogen-bond acceptors (Lipinski definition) is 4. The molecule has 0 aliphatic carbocycles. The minimum atomic E-state index is -1.94. The minimum Gasteiger partial charge on any atom is -0.426 e. The molecule has 0 fully saturated rings. The van der Waals surface area contributed by atoms with Gasteiger partial charge >= 0.3 is 11.6 Å². The lowest BCUT2D eigenvalue weighted by Crippen LogP contribution is -2.42. The van der Waals surface area contributed by atoms with Gasteiger partial charge in [-0.2, -0.15) is 5.26 Å². The summed E-state index contributed by atoms with van der Waals surface area (Å²) in [5.41, 5.74) is 0.369. The van der Waals surface area contributed by atoms with Crippen LogP contribution in [0.5, 0.6) is 0 Å². The Kier molecular flexibility index (Phi) is 3.82. The summed E-state index contributed by atoms with van der Waals surface area (Å²) in [6, 6.07) is 15.6. The highest BCUT2D eigenvalue weighted by atomic mass is 16.6. The lowest BCUT2D eigenvalue weighted by molar-refractivity contribution is -0.131. The molecule has 1 aliphatic rings. The van der Waals surface area contributed by atoms with Gasteiger partial charge in [0, 0.05) is 12.1 Å². The molecule has 2 aromatic rings. The molecule has 0 aromatic heterocycles. The summed E-state index contributed by atoms with van der Waals surface area (Å²) in [5.74, 6) is -1.23. The van der Waals surface area contributed by atoms with E-state index in [9.17, 15) is 14.9 Å². The zero-order chi connectivity index (χ0) is 17.3. The molecule has 1 heterocycles. The Bertz CT molecular complexity index is 852. The first kappa shape index (κ1) is 15.8. The number of anilines is 1. The van der Waals surface area contributed by atoms with Crippen LogP contribution in [-0.2, 0) is 15.1 Å². The molecule has 5 nitrogen and oxygen atoms in total. The Balaban J connectivity index is 2.04. The van der Waals surface area contributed by atoms with Crippen molar-refractivity contribution < 1.29 is 14.3 Å². The monoisotopic (exact) mass is 320 g/mol. The number of carbonyl (C=O) groups excluding carboxylic acids is 2. The van der Waals surface area contributed by atoms with E-state index in [1.165, 1.54) is 4.90 Å². The summed E-state index contributed by atoms with van der Waals surface area (Å²) >= 11 is 0. The number of esters is 1. The number of benzene rings is 2. The van der Waals surface area contributed by atoms with Gasteiger partial charge in [0.15, 0.2) is 0 Å². The van der Waals surface area contributed by atoms with Crippen molar-refractivity contribution in [2.75, 3.05) is 11.4 Å². The third-order valence-electron chi connectivity index (χ3n) is 4.13. The number of likely N-dealkylation sites (N-methyl/N-ethyl adjacent to an activating group) is 1. The summed E-state index contributed by atoms with van der Waals surface area (Å²) < 4.78 is 5.45. The van der Waals surface area contributed by atoms with E-state index in [1.807, 2.05) is 19.9 Å². The molecule has 1 atom stereocenters. The summed E-state index contributed by atoms with van der Waals surface area (Å²) in [6.45, 7) is 4.10. The van der Waals surface area contributed by atoms with Gasteiger partial charge in [0.05, 0.1) is 11.3 Å². The average molecular weight is 320 g/mol. The number of fused-ring (bicyclic) bond motifs is 1. The zero-order valence-electron chi connectivity index (χ0n) is 13.4. The molecule has 1 unspecified atom stereocenters. The number of rotatable bonds is 3. The molecule has 0 bridgehead atoms. The van der Waals surface area contributed by atoms with Gasteiger partial charge in [-0.3, -0.25) is 4.79 Å². The lowest BCUT2D eigenvalue weighted by Gasteiger charge is -2.21. The first-order chi connectivity index (χ1) is 11.5. The molecule has 3 rings (SSSR count). The highest BCUT2D eigenvalue weighted by Gasteiger charge is 2.54. The van der Waals surface area contributed by atoms with Crippen LogP contribution in [0.25, 0.3) is 0 Å². The molecule has 120 valence electrons.